The van der Waals surface area contributed by atoms with Gasteiger partial charge in [-0.2, -0.15) is 32.0 Å². The molecule has 0 aromatic carbocycles. The number of rotatable bonds is 7. The Morgan fingerprint density at radius 3 is 2.62 bits per heavy atom. The Morgan fingerprint density at radius 1 is 1.18 bits per heavy atom. The topological polar surface area (TPSA) is 121 Å². The molecule has 4 aromatic rings. The number of amides is 1. The molecule has 0 saturated carbocycles. The molecule has 1 amide bonds. The van der Waals surface area contributed by atoms with Gasteiger partial charge < -0.3 is 24.7 Å². The molecule has 2 N–H and O–H groups in total. The van der Waals surface area contributed by atoms with Crippen LogP contribution in [0.3, 0.4) is 0 Å². The SMILES string of the molecule is CC(=O)Nc1cc(Oc2cnc3nc(Nc4cc(C(F)(F)C(F)(F)F)n(C5CCOC5)n4)n(C)c3c2C)ccn1. The molecule has 4 aromatic heterocycles. The molecule has 5 rings (SSSR count). The Labute approximate surface area is 223 Å². The zero-order valence-electron chi connectivity index (χ0n) is 21.4. The summed E-state index contributed by atoms with van der Waals surface area (Å²) in [4.78, 5) is 24.0. The number of nitrogens with one attached hydrogen (secondary N) is 2. The second kappa shape index (κ2) is 10.0. The highest BCUT2D eigenvalue weighted by Gasteiger charge is 2.61. The summed E-state index contributed by atoms with van der Waals surface area (Å²) in [5.74, 6) is -4.54. The molecular weight excluding hydrogens is 543 g/mol. The average molecular weight is 566 g/mol. The summed E-state index contributed by atoms with van der Waals surface area (Å²) in [7, 11) is 1.62. The molecule has 0 radical (unpaired) electrons. The number of ether oxygens (including phenoxy) is 2. The van der Waals surface area contributed by atoms with Gasteiger partial charge in [-0.15, -0.1) is 0 Å². The summed E-state index contributed by atoms with van der Waals surface area (Å²) >= 11 is 0. The minimum atomic E-state index is -5.81. The molecule has 1 aliphatic heterocycles. The Kier molecular flexibility index (Phi) is 6.81. The Balaban J connectivity index is 1.47. The van der Waals surface area contributed by atoms with Crippen LogP contribution in [0, 0.1) is 6.92 Å². The van der Waals surface area contributed by atoms with E-state index < -0.39 is 23.8 Å². The second-order valence-corrected chi connectivity index (χ2v) is 9.15. The summed E-state index contributed by atoms with van der Waals surface area (Å²) in [5, 5.41) is 9.31. The largest absolute Gasteiger partial charge is 0.459 e. The molecule has 0 aliphatic carbocycles. The van der Waals surface area contributed by atoms with E-state index in [1.807, 2.05) is 0 Å². The second-order valence-electron chi connectivity index (χ2n) is 9.15. The van der Waals surface area contributed by atoms with Crippen molar-refractivity contribution < 1.29 is 36.2 Å². The fourth-order valence-corrected chi connectivity index (χ4v) is 4.33. The van der Waals surface area contributed by atoms with Crippen molar-refractivity contribution in [1.29, 1.82) is 0 Å². The summed E-state index contributed by atoms with van der Waals surface area (Å²) in [6.07, 6.45) is -2.68. The molecule has 5 heterocycles. The molecule has 212 valence electrons. The van der Waals surface area contributed by atoms with Gasteiger partial charge in [-0.05, 0) is 19.4 Å². The number of alkyl halides is 5. The fraction of sp³-hybridized carbons (Fsp3) is 0.375. The predicted molar refractivity (Wildman–Crippen MR) is 132 cm³/mol. The third-order valence-electron chi connectivity index (χ3n) is 6.27. The molecule has 11 nitrogen and oxygen atoms in total. The highest BCUT2D eigenvalue weighted by atomic mass is 19.4. The van der Waals surface area contributed by atoms with E-state index in [9.17, 15) is 26.7 Å². The molecule has 1 unspecified atom stereocenters. The summed E-state index contributed by atoms with van der Waals surface area (Å²) in [6.45, 7) is 3.28. The van der Waals surface area contributed by atoms with Gasteiger partial charge in [0, 0.05) is 44.5 Å². The maximum Gasteiger partial charge on any atom is 0.459 e. The van der Waals surface area contributed by atoms with E-state index >= 15 is 0 Å². The zero-order chi connectivity index (χ0) is 28.8. The number of carbonyl (C=O) groups is 1. The number of pyridine rings is 2. The quantitative estimate of drug-likeness (QED) is 0.301. The number of carbonyl (C=O) groups excluding carboxylic acids is 1. The first kappa shape index (κ1) is 27.2. The number of hydrogen-bond acceptors (Lipinski definition) is 8. The predicted octanol–water partition coefficient (Wildman–Crippen LogP) is 4.98. The van der Waals surface area contributed by atoms with Crippen LogP contribution in [0.15, 0.2) is 30.6 Å². The lowest BCUT2D eigenvalue weighted by molar-refractivity contribution is -0.292. The van der Waals surface area contributed by atoms with Crippen LogP contribution in [0.25, 0.3) is 11.2 Å². The standard InChI is InChI=1S/C24H23F5N8O3/c1-12-16(40-15-4-6-30-18(8-15)32-13(2)38)10-31-21-20(12)36(3)22(34-21)33-19-9-17(23(25,26)24(27,28)29)37(35-19)14-5-7-39-11-14/h4,6,8-10,14H,5,7,11H2,1-3H3,(H,30,32,38)(H,31,33,34,35). The molecular formula is C24H23F5N8O3. The van der Waals surface area contributed by atoms with E-state index in [0.717, 1.165) is 0 Å². The Bertz CT molecular complexity index is 1580. The maximum absolute atomic E-state index is 14.4. The van der Waals surface area contributed by atoms with Gasteiger partial charge >= 0.3 is 12.1 Å². The highest BCUT2D eigenvalue weighted by molar-refractivity contribution is 5.87. The highest BCUT2D eigenvalue weighted by Crippen LogP contribution is 2.46. The number of aromatic nitrogens is 6. The zero-order valence-corrected chi connectivity index (χ0v) is 21.4. The van der Waals surface area contributed by atoms with Crippen molar-refractivity contribution in [2.24, 2.45) is 7.05 Å². The Hall–Kier alpha value is -4.34. The number of nitrogens with zero attached hydrogens (tertiary/aromatic N) is 6. The van der Waals surface area contributed by atoms with Crippen LogP contribution in [0.5, 0.6) is 11.5 Å². The third kappa shape index (κ3) is 5.01. The van der Waals surface area contributed by atoms with E-state index in [-0.39, 0.29) is 43.0 Å². The third-order valence-corrected chi connectivity index (χ3v) is 6.27. The number of halogens is 5. The molecule has 1 atom stereocenters. The van der Waals surface area contributed by atoms with Crippen LogP contribution in [-0.4, -0.2) is 54.6 Å². The van der Waals surface area contributed by atoms with E-state index in [2.05, 4.69) is 30.7 Å². The van der Waals surface area contributed by atoms with Crippen molar-refractivity contribution in [3.8, 4) is 11.5 Å². The average Bonchev–Trinajstić information content (AvgIpc) is 3.60. The molecule has 1 aliphatic rings. The van der Waals surface area contributed by atoms with Gasteiger partial charge in [0.1, 0.15) is 17.3 Å². The first-order valence-electron chi connectivity index (χ1n) is 12.0. The van der Waals surface area contributed by atoms with Crippen LogP contribution in [0.4, 0.5) is 39.5 Å². The summed E-state index contributed by atoms with van der Waals surface area (Å²) in [6, 6.07) is 3.00. The number of hydrogen-bond donors (Lipinski definition) is 2. The number of anilines is 3. The number of fused-ring (bicyclic) bond motifs is 1. The minimum Gasteiger partial charge on any atom is -0.455 e. The van der Waals surface area contributed by atoms with Gasteiger partial charge in [0.05, 0.1) is 24.4 Å². The van der Waals surface area contributed by atoms with Gasteiger partial charge in [0.25, 0.3) is 0 Å². The maximum atomic E-state index is 14.4. The fourth-order valence-electron chi connectivity index (χ4n) is 4.33. The van der Waals surface area contributed by atoms with Gasteiger partial charge in [0.15, 0.2) is 17.2 Å². The van der Waals surface area contributed by atoms with E-state index in [1.165, 1.54) is 25.4 Å². The van der Waals surface area contributed by atoms with Crippen LogP contribution in [0.2, 0.25) is 0 Å². The molecule has 0 bridgehead atoms. The lowest BCUT2D eigenvalue weighted by atomic mass is 10.2. The minimum absolute atomic E-state index is 0.0377. The van der Waals surface area contributed by atoms with Crippen LogP contribution in [-0.2, 0) is 22.5 Å². The van der Waals surface area contributed by atoms with Crippen molar-refractivity contribution in [3.63, 3.8) is 0 Å². The van der Waals surface area contributed by atoms with Gasteiger partial charge in [0.2, 0.25) is 11.9 Å². The Morgan fingerprint density at radius 2 is 1.95 bits per heavy atom. The van der Waals surface area contributed by atoms with Crippen molar-refractivity contribution in [2.45, 2.75) is 38.4 Å². The number of aryl methyl sites for hydroxylation is 2. The van der Waals surface area contributed by atoms with E-state index in [0.29, 0.717) is 39.1 Å². The summed E-state index contributed by atoms with van der Waals surface area (Å²) < 4.78 is 81.9. The molecule has 1 fully saturated rings. The van der Waals surface area contributed by atoms with Crippen LogP contribution >= 0.6 is 0 Å². The van der Waals surface area contributed by atoms with Gasteiger partial charge in [-0.25, -0.2) is 9.97 Å². The monoisotopic (exact) mass is 566 g/mol. The van der Waals surface area contributed by atoms with Crippen molar-refractivity contribution >= 4 is 34.7 Å². The lowest BCUT2D eigenvalue weighted by Crippen LogP contribution is -2.36. The lowest BCUT2D eigenvalue weighted by Gasteiger charge is -2.22. The smallest absolute Gasteiger partial charge is 0.455 e. The first-order valence-corrected chi connectivity index (χ1v) is 12.0. The van der Waals surface area contributed by atoms with Crippen molar-refractivity contribution in [2.75, 3.05) is 23.8 Å². The van der Waals surface area contributed by atoms with Gasteiger partial charge in [-0.3, -0.25) is 9.48 Å². The van der Waals surface area contributed by atoms with Crippen molar-refractivity contribution in [1.82, 2.24) is 29.3 Å². The van der Waals surface area contributed by atoms with Crippen LogP contribution < -0.4 is 15.4 Å². The normalized spacial score (nSPS) is 15.9. The molecule has 40 heavy (non-hydrogen) atoms. The van der Waals surface area contributed by atoms with E-state index in [4.69, 9.17) is 9.47 Å². The molecule has 1 saturated heterocycles. The molecule has 0 spiro atoms. The molecule has 16 heteroatoms. The van der Waals surface area contributed by atoms with Gasteiger partial charge in [-0.1, -0.05) is 0 Å². The number of imidazole rings is 1. The van der Waals surface area contributed by atoms with Crippen LogP contribution in [0.1, 0.15) is 30.6 Å². The summed E-state index contributed by atoms with van der Waals surface area (Å²) in [5.41, 5.74) is 0.107. The first-order chi connectivity index (χ1) is 18.8. The van der Waals surface area contributed by atoms with Crippen molar-refractivity contribution in [3.05, 3.63) is 41.9 Å². The van der Waals surface area contributed by atoms with E-state index in [1.54, 1.807) is 24.6 Å².